The lowest BCUT2D eigenvalue weighted by atomic mass is 9.87. The molecule has 0 spiro atoms. The molecule has 0 saturated carbocycles. The number of piperidine rings is 1. The minimum absolute atomic E-state index is 0.0722. The highest BCUT2D eigenvalue weighted by molar-refractivity contribution is 7.90. The molecule has 1 atom stereocenters. The van der Waals surface area contributed by atoms with Crippen LogP contribution in [0, 0.1) is 5.92 Å². The molecular formula is C12H18N2O4S. The van der Waals surface area contributed by atoms with Gasteiger partial charge < -0.3 is 10.0 Å². The summed E-state index contributed by atoms with van der Waals surface area (Å²) >= 11 is 0. The molecule has 2 rings (SSSR count). The zero-order valence-corrected chi connectivity index (χ0v) is 11.6. The first-order valence-electron chi connectivity index (χ1n) is 6.16. The van der Waals surface area contributed by atoms with E-state index < -0.39 is 21.2 Å². The van der Waals surface area contributed by atoms with Crippen molar-refractivity contribution in [3.63, 3.8) is 0 Å². The Kier molecular flexibility index (Phi) is 3.80. The number of carbonyl (C=O) groups is 1. The molecule has 1 fully saturated rings. The minimum Gasteiger partial charge on any atom is -0.478 e. The Labute approximate surface area is 112 Å². The first-order valence-corrected chi connectivity index (χ1v) is 7.77. The molecule has 1 heterocycles. The van der Waals surface area contributed by atoms with Crippen molar-refractivity contribution in [3.8, 4) is 0 Å². The van der Waals surface area contributed by atoms with E-state index >= 15 is 0 Å². The minimum atomic E-state index is -3.92. The van der Waals surface area contributed by atoms with Crippen LogP contribution in [-0.4, -0.2) is 49.8 Å². The molecule has 6 nitrogen and oxygen atoms in total. The van der Waals surface area contributed by atoms with Gasteiger partial charge in [-0.05, 0) is 44.5 Å². The normalized spacial score (nSPS) is 26.1. The number of nitrogens with two attached hydrogens (primary N) is 1. The fraction of sp³-hybridized carbons (Fsp3) is 0.583. The third-order valence-electron chi connectivity index (χ3n) is 3.79. The van der Waals surface area contributed by atoms with E-state index in [9.17, 15) is 18.3 Å². The summed E-state index contributed by atoms with van der Waals surface area (Å²) in [5.74, 6) is -1.09. The van der Waals surface area contributed by atoms with E-state index in [-0.39, 0.29) is 11.5 Å². The van der Waals surface area contributed by atoms with Crippen molar-refractivity contribution < 1.29 is 18.3 Å². The highest BCUT2D eigenvalue weighted by Gasteiger charge is 2.36. The van der Waals surface area contributed by atoms with Crippen LogP contribution in [0.3, 0.4) is 0 Å². The van der Waals surface area contributed by atoms with Gasteiger partial charge in [0.05, 0.1) is 5.57 Å². The van der Waals surface area contributed by atoms with Crippen LogP contribution in [0.25, 0.3) is 0 Å². The maximum Gasteiger partial charge on any atom is 0.333 e. The van der Waals surface area contributed by atoms with Crippen LogP contribution in [0.2, 0.25) is 0 Å². The summed E-state index contributed by atoms with van der Waals surface area (Å²) in [6, 6.07) is 0. The summed E-state index contributed by atoms with van der Waals surface area (Å²) in [4.78, 5) is 13.5. The van der Waals surface area contributed by atoms with Crippen LogP contribution in [0.4, 0.5) is 0 Å². The van der Waals surface area contributed by atoms with E-state index in [0.29, 0.717) is 5.57 Å². The summed E-state index contributed by atoms with van der Waals surface area (Å²) in [6.45, 7) is 1.77. The van der Waals surface area contributed by atoms with Crippen LogP contribution in [0.5, 0.6) is 0 Å². The number of carboxylic acids is 1. The smallest absolute Gasteiger partial charge is 0.333 e. The van der Waals surface area contributed by atoms with Crippen molar-refractivity contribution in [1.82, 2.24) is 4.90 Å². The molecule has 0 amide bonds. The van der Waals surface area contributed by atoms with Crippen molar-refractivity contribution >= 4 is 16.0 Å². The second kappa shape index (κ2) is 5.07. The van der Waals surface area contributed by atoms with Gasteiger partial charge in [0, 0.05) is 0 Å². The monoisotopic (exact) mass is 286 g/mol. The molecule has 0 bridgehead atoms. The second-order valence-electron chi connectivity index (χ2n) is 5.12. The van der Waals surface area contributed by atoms with Gasteiger partial charge in [-0.1, -0.05) is 12.2 Å². The van der Waals surface area contributed by atoms with Gasteiger partial charge in [-0.25, -0.2) is 18.4 Å². The number of hydrogen-bond acceptors (Lipinski definition) is 4. The maximum atomic E-state index is 11.4. The average molecular weight is 286 g/mol. The predicted octanol–water partition coefficient (Wildman–Crippen LogP) is -0.0637. The van der Waals surface area contributed by atoms with E-state index in [1.165, 1.54) is 6.08 Å². The van der Waals surface area contributed by atoms with Crippen molar-refractivity contribution in [3.05, 3.63) is 23.3 Å². The Morgan fingerprint density at radius 1 is 1.42 bits per heavy atom. The third-order valence-corrected chi connectivity index (χ3v) is 4.89. The number of aliphatic carboxylic acids is 1. The highest BCUT2D eigenvalue weighted by Crippen LogP contribution is 2.34. The summed E-state index contributed by atoms with van der Waals surface area (Å²) < 4.78 is 22.9. The Bertz CT molecular complexity index is 542. The Hall–Kier alpha value is -1.18. The number of allylic oxidation sites excluding steroid dienone is 2. The molecule has 0 aromatic carbocycles. The van der Waals surface area contributed by atoms with Gasteiger partial charge in [-0.2, -0.15) is 0 Å². The third kappa shape index (κ3) is 2.88. The molecule has 1 aliphatic carbocycles. The molecule has 0 aromatic rings. The lowest BCUT2D eigenvalue weighted by molar-refractivity contribution is -0.132. The van der Waals surface area contributed by atoms with E-state index in [1.54, 1.807) is 6.08 Å². The maximum absolute atomic E-state index is 11.4. The largest absolute Gasteiger partial charge is 0.478 e. The molecule has 3 N–H and O–H groups in total. The van der Waals surface area contributed by atoms with Gasteiger partial charge in [-0.15, -0.1) is 0 Å². The molecule has 2 aliphatic rings. The molecular weight excluding hydrogens is 268 g/mol. The standard InChI is InChI=1S/C12H18N2O4S/c1-14-6-4-8(5-7-14)9-2-3-10(19(13,17)18)11(9)12(15)16/h2-3,8,10H,4-7H2,1H3,(H,15,16)(H2,13,17,18). The van der Waals surface area contributed by atoms with E-state index in [0.717, 1.165) is 25.9 Å². The fourth-order valence-electron chi connectivity index (χ4n) is 2.74. The summed E-state index contributed by atoms with van der Waals surface area (Å²) in [6.07, 6.45) is 4.68. The molecule has 0 aromatic heterocycles. The van der Waals surface area contributed by atoms with Gasteiger partial charge in [0.15, 0.2) is 0 Å². The first-order chi connectivity index (χ1) is 8.80. The Morgan fingerprint density at radius 2 is 2.00 bits per heavy atom. The lowest BCUT2D eigenvalue weighted by Gasteiger charge is -2.29. The fourth-order valence-corrected chi connectivity index (χ4v) is 3.60. The van der Waals surface area contributed by atoms with Crippen LogP contribution < -0.4 is 5.14 Å². The number of hydrogen-bond donors (Lipinski definition) is 2. The number of carboxylic acid groups (broad SMARTS) is 1. The predicted molar refractivity (Wildman–Crippen MR) is 70.9 cm³/mol. The molecule has 106 valence electrons. The number of sulfonamides is 1. The van der Waals surface area contributed by atoms with Crippen molar-refractivity contribution in [2.75, 3.05) is 20.1 Å². The van der Waals surface area contributed by atoms with E-state index in [2.05, 4.69) is 4.90 Å². The molecule has 1 unspecified atom stereocenters. The first kappa shape index (κ1) is 14.2. The molecule has 19 heavy (non-hydrogen) atoms. The number of primary sulfonamides is 1. The van der Waals surface area contributed by atoms with E-state index in [1.807, 2.05) is 7.05 Å². The summed E-state index contributed by atoms with van der Waals surface area (Å²) in [7, 11) is -1.90. The highest BCUT2D eigenvalue weighted by atomic mass is 32.2. The van der Waals surface area contributed by atoms with Gasteiger partial charge in [-0.3, -0.25) is 0 Å². The zero-order chi connectivity index (χ0) is 14.2. The van der Waals surface area contributed by atoms with Crippen LogP contribution in [-0.2, 0) is 14.8 Å². The van der Waals surface area contributed by atoms with E-state index in [4.69, 9.17) is 5.14 Å². The van der Waals surface area contributed by atoms with Crippen LogP contribution in [0.1, 0.15) is 12.8 Å². The Balaban J connectivity index is 2.34. The van der Waals surface area contributed by atoms with Gasteiger partial charge in [0.1, 0.15) is 5.25 Å². The summed E-state index contributed by atoms with van der Waals surface area (Å²) in [5, 5.41) is 13.2. The van der Waals surface area contributed by atoms with Gasteiger partial charge in [0.2, 0.25) is 10.0 Å². The van der Waals surface area contributed by atoms with Crippen molar-refractivity contribution in [2.24, 2.45) is 11.1 Å². The number of nitrogens with zero attached hydrogens (tertiary/aromatic N) is 1. The molecule has 7 heteroatoms. The van der Waals surface area contributed by atoms with Crippen LogP contribution in [0.15, 0.2) is 23.3 Å². The summed E-state index contributed by atoms with van der Waals surface area (Å²) in [5.41, 5.74) is 0.552. The van der Waals surface area contributed by atoms with Gasteiger partial charge in [0.25, 0.3) is 0 Å². The number of rotatable bonds is 3. The second-order valence-corrected chi connectivity index (χ2v) is 6.81. The SMILES string of the molecule is CN1CCC(C2=C(C(=O)O)C(S(N)(=O)=O)C=C2)CC1. The zero-order valence-electron chi connectivity index (χ0n) is 10.7. The quantitative estimate of drug-likeness (QED) is 0.756. The lowest BCUT2D eigenvalue weighted by Crippen LogP contribution is -2.33. The van der Waals surface area contributed by atoms with Gasteiger partial charge >= 0.3 is 5.97 Å². The topological polar surface area (TPSA) is 101 Å². The van der Waals surface area contributed by atoms with Crippen LogP contribution >= 0.6 is 0 Å². The number of likely N-dealkylation sites (tertiary alicyclic amines) is 1. The molecule has 0 radical (unpaired) electrons. The molecule has 1 aliphatic heterocycles. The van der Waals surface area contributed by atoms with Crippen molar-refractivity contribution in [1.29, 1.82) is 0 Å². The molecule has 1 saturated heterocycles. The Morgan fingerprint density at radius 3 is 2.47 bits per heavy atom. The van der Waals surface area contributed by atoms with Crippen molar-refractivity contribution in [2.45, 2.75) is 18.1 Å². The average Bonchev–Trinajstić information content (AvgIpc) is 2.74.